The molecule has 3 rings (SSSR count). The number of esters is 1. The second-order valence-corrected chi connectivity index (χ2v) is 7.32. The van der Waals surface area contributed by atoms with Crippen LogP contribution in [0.3, 0.4) is 0 Å². The number of carbonyl (C=O) groups is 1. The van der Waals surface area contributed by atoms with Crippen molar-refractivity contribution in [1.82, 2.24) is 0 Å². The second kappa shape index (κ2) is 11.6. The fourth-order valence-corrected chi connectivity index (χ4v) is 2.99. The Morgan fingerprint density at radius 2 is 1.72 bits per heavy atom. The van der Waals surface area contributed by atoms with Crippen molar-refractivity contribution in [2.75, 3.05) is 6.61 Å². The van der Waals surface area contributed by atoms with Gasteiger partial charge in [-0.25, -0.2) is 4.79 Å². The predicted molar refractivity (Wildman–Crippen MR) is 125 cm³/mol. The minimum atomic E-state index is -0.528. The molecule has 0 atom stereocenters. The number of carbonyl (C=O) groups excluding carboxylic acids is 1. The maximum atomic E-state index is 12.4. The molecule has 6 heteroatoms. The van der Waals surface area contributed by atoms with Gasteiger partial charge in [-0.2, -0.15) is 0 Å². The lowest BCUT2D eigenvalue weighted by atomic mass is 10.2. The van der Waals surface area contributed by atoms with Gasteiger partial charge in [0, 0.05) is 23.9 Å². The first-order chi connectivity index (χ1) is 15.5. The molecule has 0 aromatic heterocycles. The van der Waals surface area contributed by atoms with Crippen LogP contribution in [0.5, 0.6) is 23.0 Å². The van der Waals surface area contributed by atoms with Gasteiger partial charge in [-0.05, 0) is 55.0 Å². The molecule has 0 heterocycles. The highest BCUT2D eigenvalue weighted by Gasteiger charge is 2.10. The number of unbranched alkanes of at least 4 members (excludes halogenated alkanes) is 3. The minimum Gasteiger partial charge on any atom is -0.508 e. The van der Waals surface area contributed by atoms with Crippen LogP contribution in [0.1, 0.15) is 48.5 Å². The number of rotatable bonds is 10. The number of phenolic OH excluding ortho intramolecular Hbond substituents is 2. The van der Waals surface area contributed by atoms with Gasteiger partial charge in [0.15, 0.2) is 0 Å². The van der Waals surface area contributed by atoms with E-state index >= 15 is 0 Å². The molecule has 0 radical (unpaired) electrons. The van der Waals surface area contributed by atoms with Gasteiger partial charge in [0.05, 0.1) is 17.9 Å². The van der Waals surface area contributed by atoms with Crippen LogP contribution >= 0.6 is 0 Å². The second-order valence-electron chi connectivity index (χ2n) is 7.32. The Labute approximate surface area is 187 Å². The summed E-state index contributed by atoms with van der Waals surface area (Å²) in [5.74, 6) is 0.438. The third-order valence-electron chi connectivity index (χ3n) is 4.75. The van der Waals surface area contributed by atoms with Gasteiger partial charge in [0.2, 0.25) is 0 Å². The highest BCUT2D eigenvalue weighted by Crippen LogP contribution is 2.25. The number of nitrogens with zero attached hydrogens (tertiary/aromatic N) is 1. The zero-order valence-corrected chi connectivity index (χ0v) is 18.0. The molecular weight excluding hydrogens is 406 g/mol. The lowest BCUT2D eigenvalue weighted by molar-refractivity contribution is 0.0734. The standard InChI is InChI=1S/C26H27NO5/c1-2-3-4-5-15-31-23-12-9-19(10-13-23)26(30)32-24-14-11-20(25(29)17-24)18-27-21-7-6-8-22(28)16-21/h6-14,16-18,28-29H,2-5,15H2,1H3. The van der Waals surface area contributed by atoms with Gasteiger partial charge in [0.25, 0.3) is 0 Å². The SMILES string of the molecule is CCCCCCOc1ccc(C(=O)Oc2ccc(C=Nc3cccc(O)c3)c(O)c2)cc1. The van der Waals surface area contributed by atoms with Crippen molar-refractivity contribution in [1.29, 1.82) is 0 Å². The summed E-state index contributed by atoms with van der Waals surface area (Å²) in [5.41, 5.74) is 1.39. The summed E-state index contributed by atoms with van der Waals surface area (Å²) in [5, 5.41) is 19.7. The van der Waals surface area contributed by atoms with E-state index in [4.69, 9.17) is 9.47 Å². The quantitative estimate of drug-likeness (QED) is 0.176. The highest BCUT2D eigenvalue weighted by molar-refractivity contribution is 5.91. The molecule has 0 saturated heterocycles. The van der Waals surface area contributed by atoms with Gasteiger partial charge < -0.3 is 19.7 Å². The van der Waals surface area contributed by atoms with Crippen LogP contribution in [0.2, 0.25) is 0 Å². The Morgan fingerprint density at radius 1 is 0.938 bits per heavy atom. The Bertz CT molecular complexity index is 1060. The summed E-state index contributed by atoms with van der Waals surface area (Å²) in [6.07, 6.45) is 6.01. The van der Waals surface area contributed by atoms with Crippen molar-refractivity contribution in [2.24, 2.45) is 4.99 Å². The largest absolute Gasteiger partial charge is 0.508 e. The zero-order chi connectivity index (χ0) is 22.8. The summed E-state index contributed by atoms with van der Waals surface area (Å²) in [7, 11) is 0. The molecule has 0 aliphatic heterocycles. The zero-order valence-electron chi connectivity index (χ0n) is 18.0. The van der Waals surface area contributed by atoms with Crippen molar-refractivity contribution in [2.45, 2.75) is 32.6 Å². The van der Waals surface area contributed by atoms with Crippen LogP contribution < -0.4 is 9.47 Å². The molecule has 0 fully saturated rings. The highest BCUT2D eigenvalue weighted by atomic mass is 16.5. The summed E-state index contributed by atoms with van der Waals surface area (Å²) >= 11 is 0. The van der Waals surface area contributed by atoms with Crippen molar-refractivity contribution in [3.05, 3.63) is 77.9 Å². The van der Waals surface area contributed by atoms with E-state index in [0.29, 0.717) is 29.2 Å². The smallest absolute Gasteiger partial charge is 0.343 e. The number of benzene rings is 3. The van der Waals surface area contributed by atoms with Crippen LogP contribution in [0.4, 0.5) is 5.69 Å². The molecule has 0 aliphatic rings. The fraction of sp³-hybridized carbons (Fsp3) is 0.231. The van der Waals surface area contributed by atoms with Crippen molar-refractivity contribution < 1.29 is 24.5 Å². The average molecular weight is 434 g/mol. The van der Waals surface area contributed by atoms with Crippen molar-refractivity contribution >= 4 is 17.9 Å². The van der Waals surface area contributed by atoms with Gasteiger partial charge in [-0.3, -0.25) is 4.99 Å². The Morgan fingerprint density at radius 3 is 2.44 bits per heavy atom. The Balaban J connectivity index is 1.56. The number of hydrogen-bond donors (Lipinski definition) is 2. The maximum absolute atomic E-state index is 12.4. The summed E-state index contributed by atoms with van der Waals surface area (Å²) < 4.78 is 11.0. The van der Waals surface area contributed by atoms with E-state index in [2.05, 4.69) is 11.9 Å². The first kappa shape index (κ1) is 22.9. The van der Waals surface area contributed by atoms with Gasteiger partial charge >= 0.3 is 5.97 Å². The topological polar surface area (TPSA) is 88.4 Å². The van der Waals surface area contributed by atoms with Crippen LogP contribution in [0, 0.1) is 0 Å². The minimum absolute atomic E-state index is 0.0778. The summed E-state index contributed by atoms with van der Waals surface area (Å²) in [6.45, 7) is 2.83. The van der Waals surface area contributed by atoms with E-state index in [9.17, 15) is 15.0 Å². The average Bonchev–Trinajstić information content (AvgIpc) is 2.79. The Hall–Kier alpha value is -3.80. The van der Waals surface area contributed by atoms with E-state index in [1.54, 1.807) is 54.6 Å². The lowest BCUT2D eigenvalue weighted by Crippen LogP contribution is -2.08. The number of aromatic hydroxyl groups is 2. The third-order valence-corrected chi connectivity index (χ3v) is 4.75. The van der Waals surface area contributed by atoms with Crippen molar-refractivity contribution in [3.63, 3.8) is 0 Å². The van der Waals surface area contributed by atoms with Gasteiger partial charge in [-0.15, -0.1) is 0 Å². The maximum Gasteiger partial charge on any atom is 0.343 e. The van der Waals surface area contributed by atoms with Gasteiger partial charge in [-0.1, -0.05) is 32.3 Å². The van der Waals surface area contributed by atoms with Crippen LogP contribution in [-0.4, -0.2) is 29.0 Å². The first-order valence-electron chi connectivity index (χ1n) is 10.7. The van der Waals surface area contributed by atoms with E-state index < -0.39 is 5.97 Å². The monoisotopic (exact) mass is 433 g/mol. The molecule has 0 amide bonds. The lowest BCUT2D eigenvalue weighted by Gasteiger charge is -2.08. The summed E-state index contributed by atoms with van der Waals surface area (Å²) in [6, 6.07) is 17.8. The van der Waals surface area contributed by atoms with Crippen LogP contribution in [0.15, 0.2) is 71.7 Å². The van der Waals surface area contributed by atoms with Crippen LogP contribution in [-0.2, 0) is 0 Å². The van der Waals surface area contributed by atoms with E-state index in [1.807, 2.05) is 0 Å². The number of phenols is 2. The molecule has 0 saturated carbocycles. The summed E-state index contributed by atoms with van der Waals surface area (Å²) in [4.78, 5) is 16.6. The molecule has 3 aromatic rings. The van der Waals surface area contributed by atoms with Crippen LogP contribution in [0.25, 0.3) is 0 Å². The normalized spacial score (nSPS) is 10.9. The predicted octanol–water partition coefficient (Wildman–Crippen LogP) is 6.03. The van der Waals surface area contributed by atoms with Crippen molar-refractivity contribution in [3.8, 4) is 23.0 Å². The molecule has 3 aromatic carbocycles. The van der Waals surface area contributed by atoms with Gasteiger partial charge in [0.1, 0.15) is 23.0 Å². The third kappa shape index (κ3) is 6.87. The molecule has 0 unspecified atom stereocenters. The molecule has 6 nitrogen and oxygen atoms in total. The molecular formula is C26H27NO5. The molecule has 0 bridgehead atoms. The number of hydrogen-bond acceptors (Lipinski definition) is 6. The fourth-order valence-electron chi connectivity index (χ4n) is 2.99. The molecule has 0 aliphatic carbocycles. The van der Waals surface area contributed by atoms with E-state index in [-0.39, 0.29) is 17.2 Å². The molecule has 166 valence electrons. The van der Waals surface area contributed by atoms with E-state index in [1.165, 1.54) is 31.2 Å². The number of ether oxygens (including phenoxy) is 2. The van der Waals surface area contributed by atoms with E-state index in [0.717, 1.165) is 12.8 Å². The molecule has 0 spiro atoms. The molecule has 2 N–H and O–H groups in total. The Kier molecular flexibility index (Phi) is 8.26. The first-order valence-corrected chi connectivity index (χ1v) is 10.7. The molecule has 32 heavy (non-hydrogen) atoms. The number of aliphatic imine (C=N–C) groups is 1.